The van der Waals surface area contributed by atoms with Crippen molar-refractivity contribution in [3.8, 4) is 0 Å². The fourth-order valence-corrected chi connectivity index (χ4v) is 1.90. The molecule has 1 unspecified atom stereocenters. The van der Waals surface area contributed by atoms with Crippen molar-refractivity contribution in [1.29, 1.82) is 0 Å². The summed E-state index contributed by atoms with van der Waals surface area (Å²) in [4.78, 5) is 8.63. The SMILES string of the molecule is CCNC(c1ccccn1)c1cnccc1C. The van der Waals surface area contributed by atoms with E-state index in [1.165, 1.54) is 11.1 Å². The predicted molar refractivity (Wildman–Crippen MR) is 68.7 cm³/mol. The minimum absolute atomic E-state index is 0.120. The third kappa shape index (κ3) is 2.68. The van der Waals surface area contributed by atoms with Crippen LogP contribution in [-0.2, 0) is 0 Å². The van der Waals surface area contributed by atoms with E-state index in [0.29, 0.717) is 0 Å². The molecule has 2 aromatic heterocycles. The molecular weight excluding hydrogens is 210 g/mol. The van der Waals surface area contributed by atoms with E-state index in [1.54, 1.807) is 0 Å². The van der Waals surface area contributed by atoms with Gasteiger partial charge in [0.1, 0.15) is 0 Å². The molecule has 3 heteroatoms. The molecule has 0 aromatic carbocycles. The molecule has 2 aromatic rings. The number of nitrogens with one attached hydrogen (secondary N) is 1. The normalized spacial score (nSPS) is 12.4. The molecule has 1 atom stereocenters. The molecule has 88 valence electrons. The Balaban J connectivity index is 2.39. The molecule has 2 rings (SSSR count). The fraction of sp³-hybridized carbons (Fsp3) is 0.286. The molecule has 0 aliphatic rings. The largest absolute Gasteiger partial charge is 0.305 e. The van der Waals surface area contributed by atoms with E-state index >= 15 is 0 Å². The van der Waals surface area contributed by atoms with E-state index in [4.69, 9.17) is 0 Å². The van der Waals surface area contributed by atoms with Gasteiger partial charge in [0.25, 0.3) is 0 Å². The van der Waals surface area contributed by atoms with Crippen LogP contribution < -0.4 is 5.32 Å². The first-order valence-corrected chi connectivity index (χ1v) is 5.87. The van der Waals surface area contributed by atoms with Gasteiger partial charge in [-0.15, -0.1) is 0 Å². The molecule has 0 saturated heterocycles. The first-order valence-electron chi connectivity index (χ1n) is 5.87. The third-order valence-electron chi connectivity index (χ3n) is 2.78. The Morgan fingerprint density at radius 3 is 2.76 bits per heavy atom. The zero-order chi connectivity index (χ0) is 12.1. The zero-order valence-corrected chi connectivity index (χ0v) is 10.2. The number of aromatic nitrogens is 2. The van der Waals surface area contributed by atoms with Crippen LogP contribution in [0.1, 0.15) is 29.8 Å². The van der Waals surface area contributed by atoms with Crippen LogP contribution in [0.3, 0.4) is 0 Å². The van der Waals surface area contributed by atoms with Gasteiger partial charge < -0.3 is 5.32 Å². The van der Waals surface area contributed by atoms with E-state index < -0.39 is 0 Å². The smallest absolute Gasteiger partial charge is 0.0768 e. The number of hydrogen-bond acceptors (Lipinski definition) is 3. The summed E-state index contributed by atoms with van der Waals surface area (Å²) in [6.07, 6.45) is 5.56. The number of aryl methyl sites for hydroxylation is 1. The first-order chi connectivity index (χ1) is 8.33. The van der Waals surface area contributed by atoms with Gasteiger partial charge in [0.05, 0.1) is 11.7 Å². The monoisotopic (exact) mass is 227 g/mol. The molecule has 0 radical (unpaired) electrons. The summed E-state index contributed by atoms with van der Waals surface area (Å²) >= 11 is 0. The Kier molecular flexibility index (Phi) is 3.83. The fourth-order valence-electron chi connectivity index (χ4n) is 1.90. The number of hydrogen-bond donors (Lipinski definition) is 1. The highest BCUT2D eigenvalue weighted by atomic mass is 14.9. The molecule has 0 amide bonds. The van der Waals surface area contributed by atoms with Crippen LogP contribution in [0.15, 0.2) is 42.9 Å². The Labute approximate surface area is 102 Å². The second kappa shape index (κ2) is 5.55. The minimum atomic E-state index is 0.120. The van der Waals surface area contributed by atoms with E-state index in [-0.39, 0.29) is 6.04 Å². The zero-order valence-electron chi connectivity index (χ0n) is 10.2. The topological polar surface area (TPSA) is 37.8 Å². The average Bonchev–Trinajstić information content (AvgIpc) is 2.38. The molecule has 0 bridgehead atoms. The van der Waals surface area contributed by atoms with Crippen LogP contribution in [-0.4, -0.2) is 16.5 Å². The van der Waals surface area contributed by atoms with Gasteiger partial charge in [-0.25, -0.2) is 0 Å². The van der Waals surface area contributed by atoms with Crippen LogP contribution in [0, 0.1) is 6.92 Å². The predicted octanol–water partition coefficient (Wildman–Crippen LogP) is 2.48. The highest BCUT2D eigenvalue weighted by molar-refractivity contribution is 5.31. The van der Waals surface area contributed by atoms with Crippen LogP contribution in [0.5, 0.6) is 0 Å². The van der Waals surface area contributed by atoms with E-state index in [9.17, 15) is 0 Å². The molecule has 0 fully saturated rings. The summed E-state index contributed by atoms with van der Waals surface area (Å²) in [7, 11) is 0. The van der Waals surface area contributed by atoms with Crippen molar-refractivity contribution in [1.82, 2.24) is 15.3 Å². The molecule has 2 heterocycles. The lowest BCUT2D eigenvalue weighted by Crippen LogP contribution is -2.23. The van der Waals surface area contributed by atoms with Crippen LogP contribution in [0.4, 0.5) is 0 Å². The highest BCUT2D eigenvalue weighted by Gasteiger charge is 2.15. The van der Waals surface area contributed by atoms with Crippen molar-refractivity contribution in [3.63, 3.8) is 0 Å². The Hall–Kier alpha value is -1.74. The molecule has 0 spiro atoms. The standard InChI is InChI=1S/C14H17N3/c1-3-16-14(13-6-4-5-8-17-13)12-10-15-9-7-11(12)2/h4-10,14,16H,3H2,1-2H3. The molecular formula is C14H17N3. The van der Waals surface area contributed by atoms with Gasteiger partial charge in [0.2, 0.25) is 0 Å². The lowest BCUT2D eigenvalue weighted by molar-refractivity contribution is 0.611. The first kappa shape index (κ1) is 11.7. The summed E-state index contributed by atoms with van der Waals surface area (Å²) in [5.74, 6) is 0. The lowest BCUT2D eigenvalue weighted by atomic mass is 10.0. The molecule has 1 N–H and O–H groups in total. The Bertz CT molecular complexity index is 468. The van der Waals surface area contributed by atoms with Crippen molar-refractivity contribution in [3.05, 3.63) is 59.7 Å². The number of rotatable bonds is 4. The van der Waals surface area contributed by atoms with Gasteiger partial charge in [-0.3, -0.25) is 9.97 Å². The summed E-state index contributed by atoms with van der Waals surface area (Å²) in [5, 5.41) is 3.45. The molecule has 0 aliphatic carbocycles. The van der Waals surface area contributed by atoms with Crippen molar-refractivity contribution < 1.29 is 0 Å². The van der Waals surface area contributed by atoms with E-state index in [1.807, 2.05) is 42.9 Å². The third-order valence-corrected chi connectivity index (χ3v) is 2.78. The van der Waals surface area contributed by atoms with Gasteiger partial charge in [-0.2, -0.15) is 0 Å². The van der Waals surface area contributed by atoms with E-state index in [0.717, 1.165) is 12.2 Å². The van der Waals surface area contributed by atoms with Crippen molar-refractivity contribution in [2.75, 3.05) is 6.54 Å². The van der Waals surface area contributed by atoms with Gasteiger partial charge >= 0.3 is 0 Å². The van der Waals surface area contributed by atoms with Gasteiger partial charge in [-0.1, -0.05) is 13.0 Å². The van der Waals surface area contributed by atoms with Gasteiger partial charge in [0, 0.05) is 18.6 Å². The molecule has 3 nitrogen and oxygen atoms in total. The molecule has 17 heavy (non-hydrogen) atoms. The summed E-state index contributed by atoms with van der Waals surface area (Å²) in [6, 6.07) is 8.14. The van der Waals surface area contributed by atoms with Crippen molar-refractivity contribution in [2.45, 2.75) is 19.9 Å². The summed E-state index contributed by atoms with van der Waals surface area (Å²) in [5.41, 5.74) is 3.45. The lowest BCUT2D eigenvalue weighted by Gasteiger charge is -2.19. The second-order valence-electron chi connectivity index (χ2n) is 3.98. The van der Waals surface area contributed by atoms with Crippen molar-refractivity contribution in [2.24, 2.45) is 0 Å². The quantitative estimate of drug-likeness (QED) is 0.872. The molecule has 0 saturated carbocycles. The maximum atomic E-state index is 4.42. The Morgan fingerprint density at radius 1 is 1.24 bits per heavy atom. The summed E-state index contributed by atoms with van der Waals surface area (Å²) < 4.78 is 0. The average molecular weight is 227 g/mol. The van der Waals surface area contributed by atoms with Crippen LogP contribution in [0.25, 0.3) is 0 Å². The minimum Gasteiger partial charge on any atom is -0.305 e. The van der Waals surface area contributed by atoms with E-state index in [2.05, 4.69) is 29.1 Å². The highest BCUT2D eigenvalue weighted by Crippen LogP contribution is 2.22. The second-order valence-corrected chi connectivity index (χ2v) is 3.98. The van der Waals surface area contributed by atoms with Crippen LogP contribution >= 0.6 is 0 Å². The molecule has 0 aliphatic heterocycles. The number of nitrogens with zero attached hydrogens (tertiary/aromatic N) is 2. The maximum Gasteiger partial charge on any atom is 0.0768 e. The van der Waals surface area contributed by atoms with Crippen LogP contribution in [0.2, 0.25) is 0 Å². The maximum absolute atomic E-state index is 4.42. The number of pyridine rings is 2. The van der Waals surface area contributed by atoms with Crippen molar-refractivity contribution >= 4 is 0 Å². The van der Waals surface area contributed by atoms with Gasteiger partial charge in [0.15, 0.2) is 0 Å². The Morgan fingerprint density at radius 2 is 2.12 bits per heavy atom. The van der Waals surface area contributed by atoms with Gasteiger partial charge in [-0.05, 0) is 42.8 Å². The summed E-state index contributed by atoms with van der Waals surface area (Å²) in [6.45, 7) is 5.10.